The fourth-order valence-corrected chi connectivity index (χ4v) is 1.79. The standard InChI is InChI=1S/C14H13ClN2O2/c15-7-8-16-13(18)14(19)17-12-6-5-10-3-1-2-4-11(10)9-12/h1-6,9H,7-8H2,(H,16,18)(H,17,19). The van der Waals surface area contributed by atoms with Gasteiger partial charge in [-0.3, -0.25) is 9.59 Å². The lowest BCUT2D eigenvalue weighted by Crippen LogP contribution is -2.36. The Balaban J connectivity index is 2.08. The Bertz CT molecular complexity index is 613. The molecule has 0 aliphatic carbocycles. The number of carbonyl (C=O) groups excluding carboxylic acids is 2. The predicted octanol–water partition coefficient (Wildman–Crippen LogP) is 2.13. The molecular formula is C14H13ClN2O2. The van der Waals surface area contributed by atoms with Crippen LogP contribution in [0.4, 0.5) is 5.69 Å². The maximum atomic E-state index is 11.6. The van der Waals surface area contributed by atoms with Gasteiger partial charge in [0.25, 0.3) is 0 Å². The number of rotatable bonds is 3. The molecule has 98 valence electrons. The molecule has 0 saturated carbocycles. The van der Waals surface area contributed by atoms with E-state index >= 15 is 0 Å². The van der Waals surface area contributed by atoms with Crippen molar-refractivity contribution >= 4 is 39.9 Å². The van der Waals surface area contributed by atoms with Gasteiger partial charge in [0.2, 0.25) is 0 Å². The molecule has 0 aliphatic heterocycles. The Labute approximate surface area is 115 Å². The fraction of sp³-hybridized carbons (Fsp3) is 0.143. The van der Waals surface area contributed by atoms with E-state index in [0.29, 0.717) is 5.69 Å². The van der Waals surface area contributed by atoms with E-state index in [-0.39, 0.29) is 12.4 Å². The summed E-state index contributed by atoms with van der Waals surface area (Å²) in [5.41, 5.74) is 0.588. The van der Waals surface area contributed by atoms with Crippen LogP contribution in [-0.4, -0.2) is 24.2 Å². The second-order valence-corrected chi connectivity index (χ2v) is 4.34. The Hall–Kier alpha value is -2.07. The quantitative estimate of drug-likeness (QED) is 0.666. The number of fused-ring (bicyclic) bond motifs is 1. The molecule has 4 nitrogen and oxygen atoms in total. The first-order valence-electron chi connectivity index (χ1n) is 5.84. The summed E-state index contributed by atoms with van der Waals surface area (Å²) in [4.78, 5) is 23.0. The average molecular weight is 277 g/mol. The van der Waals surface area contributed by atoms with Crippen molar-refractivity contribution in [1.29, 1.82) is 0 Å². The topological polar surface area (TPSA) is 58.2 Å². The number of amides is 2. The maximum Gasteiger partial charge on any atom is 0.313 e. The molecule has 2 N–H and O–H groups in total. The number of benzene rings is 2. The molecule has 0 saturated heterocycles. The number of anilines is 1. The number of hydrogen-bond acceptors (Lipinski definition) is 2. The molecule has 0 aromatic heterocycles. The smallest absolute Gasteiger partial charge is 0.313 e. The molecule has 0 fully saturated rings. The van der Waals surface area contributed by atoms with Crippen molar-refractivity contribution in [1.82, 2.24) is 5.32 Å². The van der Waals surface area contributed by atoms with Crippen molar-refractivity contribution in [3.63, 3.8) is 0 Å². The van der Waals surface area contributed by atoms with E-state index in [1.165, 1.54) is 0 Å². The van der Waals surface area contributed by atoms with E-state index in [4.69, 9.17) is 11.6 Å². The maximum absolute atomic E-state index is 11.6. The number of alkyl halides is 1. The van der Waals surface area contributed by atoms with Crippen LogP contribution in [0.1, 0.15) is 0 Å². The van der Waals surface area contributed by atoms with Crippen molar-refractivity contribution in [2.75, 3.05) is 17.7 Å². The van der Waals surface area contributed by atoms with Crippen LogP contribution in [-0.2, 0) is 9.59 Å². The SMILES string of the molecule is O=C(NCCCl)C(=O)Nc1ccc2ccccc2c1. The summed E-state index contributed by atoms with van der Waals surface area (Å²) in [5.74, 6) is -1.11. The normalized spacial score (nSPS) is 10.2. The number of nitrogens with one attached hydrogen (secondary N) is 2. The van der Waals surface area contributed by atoms with Crippen molar-refractivity contribution in [3.05, 3.63) is 42.5 Å². The molecule has 5 heteroatoms. The molecule has 0 heterocycles. The van der Waals surface area contributed by atoms with E-state index in [1.54, 1.807) is 6.07 Å². The number of carbonyl (C=O) groups is 2. The summed E-state index contributed by atoms with van der Waals surface area (Å²) < 4.78 is 0. The average Bonchev–Trinajstić information content (AvgIpc) is 2.44. The molecule has 0 bridgehead atoms. The van der Waals surface area contributed by atoms with Crippen LogP contribution in [0, 0.1) is 0 Å². The van der Waals surface area contributed by atoms with Crippen LogP contribution < -0.4 is 10.6 Å². The third-order valence-corrected chi connectivity index (χ3v) is 2.78. The molecule has 2 amide bonds. The van der Waals surface area contributed by atoms with Gasteiger partial charge in [0.05, 0.1) is 0 Å². The van der Waals surface area contributed by atoms with Crippen LogP contribution in [0.2, 0.25) is 0 Å². The molecule has 2 rings (SSSR count). The number of hydrogen-bond donors (Lipinski definition) is 2. The minimum absolute atomic E-state index is 0.269. The lowest BCUT2D eigenvalue weighted by molar-refractivity contribution is -0.136. The van der Waals surface area contributed by atoms with Gasteiger partial charge in [0.1, 0.15) is 0 Å². The van der Waals surface area contributed by atoms with E-state index in [0.717, 1.165) is 10.8 Å². The molecule has 0 atom stereocenters. The van der Waals surface area contributed by atoms with Crippen LogP contribution >= 0.6 is 11.6 Å². The zero-order valence-corrected chi connectivity index (χ0v) is 10.9. The largest absolute Gasteiger partial charge is 0.347 e. The minimum atomic E-state index is -0.694. The van der Waals surface area contributed by atoms with Gasteiger partial charge in [-0.25, -0.2) is 0 Å². The Kier molecular flexibility index (Phi) is 4.36. The lowest BCUT2D eigenvalue weighted by atomic mass is 10.1. The minimum Gasteiger partial charge on any atom is -0.347 e. The van der Waals surface area contributed by atoms with Gasteiger partial charge in [-0.2, -0.15) is 0 Å². The van der Waals surface area contributed by atoms with E-state index in [1.807, 2.05) is 36.4 Å². The second kappa shape index (κ2) is 6.20. The summed E-state index contributed by atoms with van der Waals surface area (Å²) in [6.07, 6.45) is 0. The molecule has 19 heavy (non-hydrogen) atoms. The Morgan fingerprint density at radius 1 is 1.00 bits per heavy atom. The van der Waals surface area contributed by atoms with Crippen molar-refractivity contribution in [2.45, 2.75) is 0 Å². The highest BCUT2D eigenvalue weighted by Gasteiger charge is 2.12. The van der Waals surface area contributed by atoms with Gasteiger partial charge in [-0.1, -0.05) is 30.3 Å². The van der Waals surface area contributed by atoms with E-state index in [9.17, 15) is 9.59 Å². The van der Waals surface area contributed by atoms with Gasteiger partial charge in [-0.05, 0) is 22.9 Å². The Morgan fingerprint density at radius 3 is 2.47 bits per heavy atom. The van der Waals surface area contributed by atoms with Gasteiger partial charge in [-0.15, -0.1) is 11.6 Å². The first-order chi connectivity index (χ1) is 9.20. The summed E-state index contributed by atoms with van der Waals surface area (Å²) in [7, 11) is 0. The predicted molar refractivity (Wildman–Crippen MR) is 76.3 cm³/mol. The van der Waals surface area contributed by atoms with Crippen LogP contribution in [0.5, 0.6) is 0 Å². The van der Waals surface area contributed by atoms with Gasteiger partial charge < -0.3 is 10.6 Å². The van der Waals surface area contributed by atoms with Crippen LogP contribution in [0.25, 0.3) is 10.8 Å². The molecular weight excluding hydrogens is 264 g/mol. The first-order valence-corrected chi connectivity index (χ1v) is 6.38. The van der Waals surface area contributed by atoms with Crippen LogP contribution in [0.15, 0.2) is 42.5 Å². The second-order valence-electron chi connectivity index (χ2n) is 3.96. The summed E-state index contributed by atoms with van der Waals surface area (Å²) in [5, 5.41) is 7.03. The van der Waals surface area contributed by atoms with Gasteiger partial charge in [0, 0.05) is 18.1 Å². The van der Waals surface area contributed by atoms with Gasteiger partial charge in [0.15, 0.2) is 0 Å². The molecule has 0 aliphatic rings. The molecule has 2 aromatic rings. The monoisotopic (exact) mass is 276 g/mol. The highest BCUT2D eigenvalue weighted by atomic mass is 35.5. The zero-order chi connectivity index (χ0) is 13.7. The lowest BCUT2D eigenvalue weighted by Gasteiger charge is -2.06. The summed E-state index contributed by atoms with van der Waals surface area (Å²) in [6.45, 7) is 0.269. The first kappa shape index (κ1) is 13.4. The van der Waals surface area contributed by atoms with E-state index < -0.39 is 11.8 Å². The van der Waals surface area contributed by atoms with Gasteiger partial charge >= 0.3 is 11.8 Å². The summed E-state index contributed by atoms with van der Waals surface area (Å²) in [6, 6.07) is 13.3. The third-order valence-electron chi connectivity index (χ3n) is 2.59. The Morgan fingerprint density at radius 2 is 1.74 bits per heavy atom. The van der Waals surface area contributed by atoms with Crippen molar-refractivity contribution in [3.8, 4) is 0 Å². The highest BCUT2D eigenvalue weighted by Crippen LogP contribution is 2.18. The number of halogens is 1. The molecule has 0 unspecified atom stereocenters. The molecule has 0 radical (unpaired) electrons. The molecule has 2 aromatic carbocycles. The fourth-order valence-electron chi connectivity index (χ4n) is 1.70. The zero-order valence-electron chi connectivity index (χ0n) is 10.2. The van der Waals surface area contributed by atoms with Crippen molar-refractivity contribution in [2.24, 2.45) is 0 Å². The highest BCUT2D eigenvalue weighted by molar-refractivity contribution is 6.39. The van der Waals surface area contributed by atoms with E-state index in [2.05, 4.69) is 10.6 Å². The molecule has 0 spiro atoms. The van der Waals surface area contributed by atoms with Crippen LogP contribution in [0.3, 0.4) is 0 Å². The third kappa shape index (κ3) is 3.45. The van der Waals surface area contributed by atoms with Crippen molar-refractivity contribution < 1.29 is 9.59 Å². The summed E-state index contributed by atoms with van der Waals surface area (Å²) >= 11 is 5.43.